The van der Waals surface area contributed by atoms with Crippen LogP contribution >= 0.6 is 11.3 Å². The van der Waals surface area contributed by atoms with Crippen molar-refractivity contribution < 1.29 is 14.3 Å². The minimum atomic E-state index is -0.566. The van der Waals surface area contributed by atoms with E-state index in [0.29, 0.717) is 15.8 Å². The van der Waals surface area contributed by atoms with Gasteiger partial charge in [-0.3, -0.25) is 4.52 Å². The van der Waals surface area contributed by atoms with Gasteiger partial charge in [-0.25, -0.2) is 9.98 Å². The molecule has 3 rings (SSSR count). The topological polar surface area (TPSA) is 154 Å². The van der Waals surface area contributed by atoms with Gasteiger partial charge in [0.2, 0.25) is 0 Å². The summed E-state index contributed by atoms with van der Waals surface area (Å²) < 4.78 is 6.29. The van der Waals surface area contributed by atoms with Crippen molar-refractivity contribution >= 4 is 44.8 Å². The quantitative estimate of drug-likeness (QED) is 0.397. The van der Waals surface area contributed by atoms with Crippen molar-refractivity contribution in [1.82, 2.24) is 10.3 Å². The largest absolute Gasteiger partial charge is 0.857 e. The first-order chi connectivity index (χ1) is 11.8. The predicted molar refractivity (Wildman–Crippen MR) is 91.1 cm³/mol. The maximum absolute atomic E-state index is 12.5. The van der Waals surface area contributed by atoms with Gasteiger partial charge in [-0.05, 0) is 11.5 Å². The Labute approximate surface area is 146 Å². The normalized spacial score (nSPS) is 12.0. The first-order valence-corrected chi connectivity index (χ1v) is 8.15. The third kappa shape index (κ3) is 2.74. The Morgan fingerprint density at radius 1 is 1.48 bits per heavy atom. The molecule has 0 radical (unpaired) electrons. The van der Waals surface area contributed by atoms with Crippen molar-refractivity contribution in [2.75, 3.05) is 11.5 Å². The second-order valence-corrected chi connectivity index (χ2v) is 6.71. The molecule has 0 aliphatic heterocycles. The number of anilines is 2. The summed E-state index contributed by atoms with van der Waals surface area (Å²) in [4.78, 5) is 8.81. The summed E-state index contributed by atoms with van der Waals surface area (Å²) in [7, 11) is 1.64. The lowest BCUT2D eigenvalue weighted by Gasteiger charge is -2.12. The zero-order valence-corrected chi connectivity index (χ0v) is 14.6. The number of fused-ring (bicyclic) bond motifs is 1. The molecule has 0 saturated carbocycles. The molecule has 0 aromatic carbocycles. The fourth-order valence-electron chi connectivity index (χ4n) is 2.57. The molecule has 25 heavy (non-hydrogen) atoms. The first-order valence-electron chi connectivity index (χ1n) is 7.33. The smallest absolute Gasteiger partial charge is 0.320 e. The number of aryl methyl sites for hydroxylation is 1. The number of nitriles is 1. The standard InChI is InChI=1S/C15H15N7O2S/c1-6(2)9-7(4-16)13(18)20-15-10(9)11(17)12(25-15)14(23)19-8-5-22(3)21-24-8/h5-6H,1-3H3,(H4-,17,18,19,20,21,23). The van der Waals surface area contributed by atoms with Crippen molar-refractivity contribution in [1.29, 1.82) is 5.26 Å². The molecule has 3 aromatic rings. The van der Waals surface area contributed by atoms with Crippen LogP contribution in [0.1, 0.15) is 35.8 Å². The molecule has 0 aliphatic carbocycles. The molecule has 4 N–H and O–H groups in total. The van der Waals surface area contributed by atoms with Gasteiger partial charge in [-0.2, -0.15) is 5.26 Å². The van der Waals surface area contributed by atoms with E-state index in [1.807, 2.05) is 13.8 Å². The number of aromatic nitrogens is 3. The monoisotopic (exact) mass is 357 g/mol. The van der Waals surface area contributed by atoms with Gasteiger partial charge in [0.15, 0.2) is 12.3 Å². The maximum Gasteiger partial charge on any atom is 0.320 e. The second kappa shape index (κ2) is 6.03. The van der Waals surface area contributed by atoms with Crippen LogP contribution < -0.4 is 21.3 Å². The highest BCUT2D eigenvalue weighted by Crippen LogP contribution is 2.40. The van der Waals surface area contributed by atoms with E-state index in [0.717, 1.165) is 11.3 Å². The number of hydrogen-bond acceptors (Lipinski definition) is 9. The summed E-state index contributed by atoms with van der Waals surface area (Å²) in [6.45, 7) is 3.85. The van der Waals surface area contributed by atoms with Crippen molar-refractivity contribution in [3.8, 4) is 6.07 Å². The van der Waals surface area contributed by atoms with E-state index in [1.165, 1.54) is 10.9 Å². The SMILES string of the molecule is CC(C)c1c(C#N)c(N)nc2sc(/C([O-])=N/c3c[n+](C)no3)c(N)c12. The Kier molecular flexibility index (Phi) is 4.02. The average Bonchev–Trinajstić information content (AvgIpc) is 3.09. The molecule has 128 valence electrons. The van der Waals surface area contributed by atoms with Gasteiger partial charge >= 0.3 is 5.88 Å². The lowest BCUT2D eigenvalue weighted by Crippen LogP contribution is -2.27. The number of aliphatic imine (C=N–C) groups is 1. The molecule has 3 heterocycles. The van der Waals surface area contributed by atoms with E-state index in [1.54, 1.807) is 7.05 Å². The summed E-state index contributed by atoms with van der Waals surface area (Å²) in [6, 6.07) is 2.07. The molecule has 0 spiro atoms. The van der Waals surface area contributed by atoms with Crippen LogP contribution in [0, 0.1) is 11.3 Å². The van der Waals surface area contributed by atoms with Crippen molar-refractivity contribution in [2.24, 2.45) is 12.0 Å². The third-order valence-corrected chi connectivity index (χ3v) is 4.69. The first kappa shape index (κ1) is 16.7. The molecule has 0 bridgehead atoms. The molecular formula is C15H15N7O2S. The predicted octanol–water partition coefficient (Wildman–Crippen LogP) is 0.707. The van der Waals surface area contributed by atoms with Crippen LogP contribution in [0.15, 0.2) is 15.7 Å². The van der Waals surface area contributed by atoms with E-state index in [-0.39, 0.29) is 33.7 Å². The van der Waals surface area contributed by atoms with Gasteiger partial charge in [0, 0.05) is 11.3 Å². The Balaban J connectivity index is 2.26. The lowest BCUT2D eigenvalue weighted by molar-refractivity contribution is -0.739. The zero-order valence-electron chi connectivity index (χ0n) is 13.8. The highest BCUT2D eigenvalue weighted by Gasteiger charge is 2.22. The molecule has 0 amide bonds. The molecule has 0 saturated heterocycles. The number of nitrogens with zero attached hydrogens (tertiary/aromatic N) is 5. The van der Waals surface area contributed by atoms with Crippen LogP contribution in [0.4, 0.5) is 17.4 Å². The van der Waals surface area contributed by atoms with E-state index in [9.17, 15) is 10.4 Å². The third-order valence-electron chi connectivity index (χ3n) is 3.60. The fourth-order valence-corrected chi connectivity index (χ4v) is 3.57. The molecule has 3 aromatic heterocycles. The van der Waals surface area contributed by atoms with Gasteiger partial charge in [-0.1, -0.05) is 18.5 Å². The van der Waals surface area contributed by atoms with E-state index in [2.05, 4.69) is 21.3 Å². The number of nitrogen functional groups attached to an aromatic ring is 2. The summed E-state index contributed by atoms with van der Waals surface area (Å²) in [5.74, 6) is -0.395. The molecule has 0 aliphatic rings. The second-order valence-electron chi connectivity index (χ2n) is 5.71. The molecule has 0 unspecified atom stereocenters. The van der Waals surface area contributed by atoms with Gasteiger partial charge in [-0.15, -0.1) is 11.3 Å². The van der Waals surface area contributed by atoms with E-state index in [4.69, 9.17) is 16.0 Å². The van der Waals surface area contributed by atoms with Crippen LogP contribution in [0.5, 0.6) is 0 Å². The molecule has 10 heteroatoms. The number of thiophene rings is 1. The molecule has 0 fully saturated rings. The Morgan fingerprint density at radius 3 is 2.76 bits per heavy atom. The minimum Gasteiger partial charge on any atom is -0.857 e. The zero-order chi connectivity index (χ0) is 18.3. The van der Waals surface area contributed by atoms with Crippen molar-refractivity contribution in [3.63, 3.8) is 0 Å². The van der Waals surface area contributed by atoms with E-state index < -0.39 is 5.90 Å². The van der Waals surface area contributed by atoms with Gasteiger partial charge in [0.1, 0.15) is 16.7 Å². The highest BCUT2D eigenvalue weighted by molar-refractivity contribution is 7.21. The Bertz CT molecular complexity index is 1040. The molecular weight excluding hydrogens is 342 g/mol. The number of hydrogen-bond donors (Lipinski definition) is 2. The van der Waals surface area contributed by atoms with Gasteiger partial charge in [0.25, 0.3) is 6.20 Å². The Morgan fingerprint density at radius 2 is 2.20 bits per heavy atom. The summed E-state index contributed by atoms with van der Waals surface area (Å²) >= 11 is 1.09. The average molecular weight is 357 g/mol. The molecule has 9 nitrogen and oxygen atoms in total. The van der Waals surface area contributed by atoms with Crippen molar-refractivity contribution in [2.45, 2.75) is 19.8 Å². The fraction of sp³-hybridized carbons (Fsp3) is 0.267. The summed E-state index contributed by atoms with van der Waals surface area (Å²) in [5, 5.41) is 26.1. The van der Waals surface area contributed by atoms with E-state index >= 15 is 0 Å². The van der Waals surface area contributed by atoms with Crippen molar-refractivity contribution in [3.05, 3.63) is 22.2 Å². The number of nitrogens with two attached hydrogens (primary N) is 2. The number of pyridine rings is 1. The van der Waals surface area contributed by atoms with Gasteiger partial charge < -0.3 is 16.6 Å². The number of rotatable bonds is 3. The van der Waals surface area contributed by atoms with Gasteiger partial charge in [0.05, 0.1) is 16.1 Å². The highest BCUT2D eigenvalue weighted by atomic mass is 32.1. The van der Waals surface area contributed by atoms with Crippen LogP contribution in [0.2, 0.25) is 0 Å². The minimum absolute atomic E-state index is 0.0208. The van der Waals surface area contributed by atoms with Crippen LogP contribution in [-0.4, -0.2) is 16.2 Å². The molecule has 0 atom stereocenters. The van der Waals surface area contributed by atoms with Crippen LogP contribution in [-0.2, 0) is 7.05 Å². The summed E-state index contributed by atoms with van der Waals surface area (Å²) in [5.41, 5.74) is 13.3. The summed E-state index contributed by atoms with van der Waals surface area (Å²) in [6.07, 6.45) is 1.46. The lowest BCUT2D eigenvalue weighted by atomic mass is 9.95. The van der Waals surface area contributed by atoms with Crippen LogP contribution in [0.3, 0.4) is 0 Å². The Hall–Kier alpha value is -3.19. The maximum atomic E-state index is 12.5. The van der Waals surface area contributed by atoms with Crippen LogP contribution in [0.25, 0.3) is 10.2 Å².